The van der Waals surface area contributed by atoms with Gasteiger partial charge in [-0.25, -0.2) is 0 Å². The third-order valence-electron chi connectivity index (χ3n) is 5.61. The minimum atomic E-state index is -0.845. The lowest BCUT2D eigenvalue weighted by molar-refractivity contribution is 0.0999. The van der Waals surface area contributed by atoms with Crippen LogP contribution < -0.4 is 27.7 Å². The Bertz CT molecular complexity index is 1060. The summed E-state index contributed by atoms with van der Waals surface area (Å²) in [7, 11) is 0. The van der Waals surface area contributed by atoms with Crippen molar-refractivity contribution < 1.29 is 4.79 Å². The second kappa shape index (κ2) is 8.16. The van der Waals surface area contributed by atoms with Crippen molar-refractivity contribution in [2.45, 2.75) is 37.6 Å². The molecule has 1 saturated carbocycles. The highest BCUT2D eigenvalue weighted by Crippen LogP contribution is 2.30. The van der Waals surface area contributed by atoms with E-state index in [0.717, 1.165) is 36.8 Å². The van der Waals surface area contributed by atoms with Gasteiger partial charge in [-0.15, -0.1) is 0 Å². The molecule has 8 heteroatoms. The van der Waals surface area contributed by atoms with Crippen molar-refractivity contribution in [2.24, 2.45) is 11.5 Å². The van der Waals surface area contributed by atoms with Gasteiger partial charge in [0.25, 0.3) is 11.5 Å². The molecule has 7 N–H and O–H groups in total. The second-order valence-electron chi connectivity index (χ2n) is 7.97. The summed E-state index contributed by atoms with van der Waals surface area (Å²) in [6, 6.07) is 13.7. The number of aromatic nitrogens is 2. The molecule has 3 aliphatic carbocycles. The first kappa shape index (κ1) is 19.9. The summed E-state index contributed by atoms with van der Waals surface area (Å²) in [5.74, 6) is -0.476. The van der Waals surface area contributed by atoms with Crippen molar-refractivity contribution in [2.75, 3.05) is 17.2 Å². The van der Waals surface area contributed by atoms with Crippen LogP contribution >= 0.6 is 0 Å². The average molecular weight is 406 g/mol. The fraction of sp³-hybridized carbons (Fsp3) is 0.318. The van der Waals surface area contributed by atoms with Crippen molar-refractivity contribution in [1.29, 1.82) is 0 Å². The molecule has 0 unspecified atom stereocenters. The van der Waals surface area contributed by atoms with Crippen LogP contribution in [0.5, 0.6) is 0 Å². The van der Waals surface area contributed by atoms with Gasteiger partial charge in [0.1, 0.15) is 5.56 Å². The van der Waals surface area contributed by atoms with Gasteiger partial charge >= 0.3 is 0 Å². The van der Waals surface area contributed by atoms with Crippen LogP contribution in [-0.4, -0.2) is 28.0 Å². The number of H-pyrrole nitrogens is 1. The zero-order valence-electron chi connectivity index (χ0n) is 16.7. The van der Waals surface area contributed by atoms with Gasteiger partial charge in [-0.3, -0.25) is 14.6 Å². The summed E-state index contributed by atoms with van der Waals surface area (Å²) in [6.45, 7) is 0.488. The molecule has 30 heavy (non-hydrogen) atoms. The molecule has 1 aromatic heterocycles. The number of nitrogens with zero attached hydrogens (tertiary/aromatic N) is 1. The minimum absolute atomic E-state index is 0.114. The van der Waals surface area contributed by atoms with Crippen LogP contribution in [0.15, 0.2) is 47.3 Å². The van der Waals surface area contributed by atoms with E-state index in [1.54, 1.807) is 0 Å². The van der Waals surface area contributed by atoms with Crippen molar-refractivity contribution in [3.63, 3.8) is 0 Å². The monoisotopic (exact) mass is 406 g/mol. The van der Waals surface area contributed by atoms with E-state index in [4.69, 9.17) is 11.5 Å². The van der Waals surface area contributed by atoms with Crippen LogP contribution in [0.1, 0.15) is 42.5 Å². The van der Waals surface area contributed by atoms with Crippen LogP contribution in [0.25, 0.3) is 11.1 Å². The third-order valence-corrected chi connectivity index (χ3v) is 5.61. The average Bonchev–Trinajstić information content (AvgIpc) is 2.94. The number of rotatable bonds is 6. The molecule has 1 fully saturated rings. The molecule has 1 aromatic rings. The van der Waals surface area contributed by atoms with Gasteiger partial charge in [-0.2, -0.15) is 4.98 Å². The number of hydrogen-bond donors (Lipinski definition) is 5. The number of anilines is 3. The van der Waals surface area contributed by atoms with E-state index >= 15 is 0 Å². The molecule has 0 saturated heterocycles. The summed E-state index contributed by atoms with van der Waals surface area (Å²) >= 11 is 0. The van der Waals surface area contributed by atoms with E-state index < -0.39 is 11.5 Å². The van der Waals surface area contributed by atoms with Gasteiger partial charge in [0.05, 0.1) is 0 Å². The van der Waals surface area contributed by atoms with Crippen molar-refractivity contribution in [1.82, 2.24) is 9.97 Å². The standard InChI is InChI=1S/C22H26N6O2/c23-18(29)17-19(26-16-11-14-7-3-1-4-8-15(14)12-16)27-21(28-20(17)30)25-13-22(24)9-5-2-6-10-22/h1,3-4,7-8,11-12H,2,5-6,9-10,13,24H2,(H2,23,29)(H3,25,26,27,28,30). The summed E-state index contributed by atoms with van der Waals surface area (Å²) in [5, 5.41) is 6.21. The molecule has 3 aliphatic rings. The van der Waals surface area contributed by atoms with E-state index in [2.05, 4.69) is 20.6 Å². The number of nitrogens with one attached hydrogen (secondary N) is 3. The van der Waals surface area contributed by atoms with E-state index in [1.165, 1.54) is 6.42 Å². The second-order valence-corrected chi connectivity index (χ2v) is 7.97. The van der Waals surface area contributed by atoms with Crippen molar-refractivity contribution >= 4 is 23.4 Å². The lowest BCUT2D eigenvalue weighted by atomic mass is 9.82. The SMILES string of the molecule is NC(=O)c1c(Nc2cc3cccccc-3c2)nc(NCC2(N)CCCCC2)[nH]c1=O. The summed E-state index contributed by atoms with van der Waals surface area (Å²) < 4.78 is 0. The molecule has 0 radical (unpaired) electrons. The number of carbonyl (C=O) groups is 1. The summed E-state index contributed by atoms with van der Waals surface area (Å²) in [5.41, 5.74) is 13.5. The lowest BCUT2D eigenvalue weighted by Crippen LogP contribution is -2.48. The Hall–Kier alpha value is -3.39. The number of nitrogens with two attached hydrogens (primary N) is 2. The largest absolute Gasteiger partial charge is 0.365 e. The number of primary amides is 1. The maximum atomic E-state index is 12.5. The fourth-order valence-electron chi connectivity index (χ4n) is 3.99. The maximum Gasteiger partial charge on any atom is 0.267 e. The molecule has 0 spiro atoms. The minimum Gasteiger partial charge on any atom is -0.365 e. The van der Waals surface area contributed by atoms with Gasteiger partial charge in [0.2, 0.25) is 5.95 Å². The molecule has 4 rings (SSSR count). The van der Waals surface area contributed by atoms with Gasteiger partial charge in [-0.05, 0) is 36.1 Å². The molecule has 0 atom stereocenters. The molecule has 156 valence electrons. The molecule has 1 heterocycles. The van der Waals surface area contributed by atoms with Crippen LogP contribution in [0.2, 0.25) is 0 Å². The highest BCUT2D eigenvalue weighted by molar-refractivity contribution is 5.98. The molecule has 0 aromatic carbocycles. The van der Waals surface area contributed by atoms with E-state index in [1.807, 2.05) is 42.5 Å². The number of carbonyl (C=O) groups excluding carboxylic acids is 1. The zero-order valence-corrected chi connectivity index (χ0v) is 16.7. The number of hydrogen-bond acceptors (Lipinski definition) is 6. The van der Waals surface area contributed by atoms with E-state index in [-0.39, 0.29) is 22.9 Å². The normalized spacial score (nSPS) is 15.6. The Kier molecular flexibility index (Phi) is 5.41. The Balaban J connectivity index is 1.62. The molecule has 1 amide bonds. The molecular weight excluding hydrogens is 380 g/mol. The zero-order chi connectivity index (χ0) is 21.1. The van der Waals surface area contributed by atoms with Crippen LogP contribution in [0, 0.1) is 0 Å². The Labute approximate surface area is 174 Å². The summed E-state index contributed by atoms with van der Waals surface area (Å²) in [4.78, 5) is 31.4. The van der Waals surface area contributed by atoms with Crippen LogP contribution in [-0.2, 0) is 0 Å². The number of amides is 1. The predicted molar refractivity (Wildman–Crippen MR) is 118 cm³/mol. The highest BCUT2D eigenvalue weighted by Gasteiger charge is 2.27. The Morgan fingerprint density at radius 1 is 1.10 bits per heavy atom. The predicted octanol–water partition coefficient (Wildman–Crippen LogP) is 2.79. The first-order chi connectivity index (χ1) is 14.4. The molecule has 8 nitrogen and oxygen atoms in total. The smallest absolute Gasteiger partial charge is 0.267 e. The Morgan fingerprint density at radius 3 is 2.40 bits per heavy atom. The fourth-order valence-corrected chi connectivity index (χ4v) is 3.99. The quantitative estimate of drug-likeness (QED) is 0.427. The van der Waals surface area contributed by atoms with Crippen molar-refractivity contribution in [3.05, 3.63) is 58.4 Å². The molecular formula is C22H26N6O2. The first-order valence-electron chi connectivity index (χ1n) is 10.2. The van der Waals surface area contributed by atoms with E-state index in [9.17, 15) is 9.59 Å². The van der Waals surface area contributed by atoms with Gasteiger partial charge in [0.15, 0.2) is 5.82 Å². The third kappa shape index (κ3) is 4.28. The van der Waals surface area contributed by atoms with E-state index in [0.29, 0.717) is 12.2 Å². The number of fused-ring (bicyclic) bond motifs is 1. The lowest BCUT2D eigenvalue weighted by Gasteiger charge is -2.33. The molecule has 0 bridgehead atoms. The molecule has 0 aliphatic heterocycles. The van der Waals surface area contributed by atoms with Gasteiger partial charge in [0, 0.05) is 17.8 Å². The summed E-state index contributed by atoms with van der Waals surface area (Å²) in [6.07, 6.45) is 5.23. The van der Waals surface area contributed by atoms with Gasteiger partial charge in [-0.1, -0.05) is 49.6 Å². The van der Waals surface area contributed by atoms with Crippen molar-refractivity contribution in [3.8, 4) is 11.1 Å². The highest BCUT2D eigenvalue weighted by atomic mass is 16.2. The first-order valence-corrected chi connectivity index (χ1v) is 10.2. The van der Waals surface area contributed by atoms with Gasteiger partial charge < -0.3 is 22.1 Å². The maximum absolute atomic E-state index is 12.5. The number of aromatic amines is 1. The Morgan fingerprint density at radius 2 is 1.77 bits per heavy atom. The van der Waals surface area contributed by atoms with Crippen LogP contribution in [0.4, 0.5) is 17.5 Å². The van der Waals surface area contributed by atoms with Crippen LogP contribution in [0.3, 0.4) is 0 Å². The topological polar surface area (TPSA) is 139 Å².